The number of benzene rings is 2. The Morgan fingerprint density at radius 2 is 1.74 bits per heavy atom. The lowest BCUT2D eigenvalue weighted by molar-refractivity contribution is -0.142. The average molecular weight is 417 g/mol. The number of hydrogen-bond acceptors (Lipinski definition) is 6. The summed E-state index contributed by atoms with van der Waals surface area (Å²) >= 11 is 0. The van der Waals surface area contributed by atoms with Gasteiger partial charge in [0.1, 0.15) is 11.6 Å². The van der Waals surface area contributed by atoms with Crippen LogP contribution in [-0.4, -0.2) is 34.6 Å². The molecule has 156 valence electrons. The highest BCUT2D eigenvalue weighted by atomic mass is 16.5. The van der Waals surface area contributed by atoms with E-state index in [0.717, 1.165) is 0 Å². The number of methoxy groups -OCH3 is 1. The average Bonchev–Trinajstić information content (AvgIpc) is 3.14. The van der Waals surface area contributed by atoms with Gasteiger partial charge in [-0.15, -0.1) is 0 Å². The molecule has 4 aromatic rings. The third kappa shape index (κ3) is 4.23. The van der Waals surface area contributed by atoms with Gasteiger partial charge in [-0.05, 0) is 23.8 Å². The number of fused-ring (bicyclic) bond motifs is 1. The second-order valence-electron chi connectivity index (χ2n) is 6.81. The van der Waals surface area contributed by atoms with Gasteiger partial charge in [0.25, 0.3) is 5.91 Å². The number of carbonyl (C=O) groups excluding carboxylic acids is 2. The van der Waals surface area contributed by atoms with E-state index in [9.17, 15) is 14.4 Å². The minimum Gasteiger partial charge on any atom is -0.467 e. The fraction of sp³-hybridized carbons (Fsp3) is 0.130. The molecule has 0 bridgehead atoms. The zero-order valence-corrected chi connectivity index (χ0v) is 16.6. The van der Waals surface area contributed by atoms with Crippen LogP contribution < -0.4 is 10.9 Å². The van der Waals surface area contributed by atoms with Crippen molar-refractivity contribution in [1.29, 1.82) is 0 Å². The Hall–Kier alpha value is -4.20. The van der Waals surface area contributed by atoms with Crippen molar-refractivity contribution in [2.75, 3.05) is 7.11 Å². The minimum atomic E-state index is -0.952. The van der Waals surface area contributed by atoms with E-state index in [4.69, 9.17) is 9.26 Å². The van der Waals surface area contributed by atoms with Crippen LogP contribution in [0.15, 0.2) is 82.2 Å². The number of hydrogen-bond donors (Lipinski definition) is 1. The first-order valence-electron chi connectivity index (χ1n) is 9.57. The molecule has 0 aliphatic rings. The van der Waals surface area contributed by atoms with E-state index in [1.807, 2.05) is 18.2 Å². The first kappa shape index (κ1) is 20.1. The topological polar surface area (TPSA) is 103 Å². The molecule has 2 heterocycles. The van der Waals surface area contributed by atoms with Gasteiger partial charge < -0.3 is 14.6 Å². The van der Waals surface area contributed by atoms with Crippen LogP contribution in [0.4, 0.5) is 0 Å². The van der Waals surface area contributed by atoms with E-state index >= 15 is 0 Å². The molecular formula is C23H19N3O5. The van der Waals surface area contributed by atoms with Crippen molar-refractivity contribution in [1.82, 2.24) is 14.9 Å². The smallest absolute Gasteiger partial charge is 0.368 e. The van der Waals surface area contributed by atoms with Crippen LogP contribution in [0.5, 0.6) is 0 Å². The number of nitrogens with one attached hydrogen (secondary N) is 1. The van der Waals surface area contributed by atoms with Crippen LogP contribution in [0, 0.1) is 0 Å². The van der Waals surface area contributed by atoms with Crippen LogP contribution in [0.2, 0.25) is 0 Å². The van der Waals surface area contributed by atoms with Crippen LogP contribution >= 0.6 is 0 Å². The zero-order chi connectivity index (χ0) is 21.8. The summed E-state index contributed by atoms with van der Waals surface area (Å²) in [6.45, 7) is 0. The second kappa shape index (κ2) is 8.66. The summed E-state index contributed by atoms with van der Waals surface area (Å²) in [5.41, 5.74) is 1.72. The maximum absolute atomic E-state index is 12.5. The van der Waals surface area contributed by atoms with Gasteiger partial charge in [0.15, 0.2) is 5.65 Å². The van der Waals surface area contributed by atoms with Gasteiger partial charge >= 0.3 is 11.6 Å². The van der Waals surface area contributed by atoms with E-state index in [0.29, 0.717) is 28.0 Å². The molecular weight excluding hydrogens is 398 g/mol. The molecule has 0 saturated carbocycles. The Bertz CT molecular complexity index is 1280. The third-order valence-electron chi connectivity index (χ3n) is 4.77. The highest BCUT2D eigenvalue weighted by Gasteiger charge is 2.24. The minimum absolute atomic E-state index is 0.0787. The molecule has 8 nitrogen and oxygen atoms in total. The van der Waals surface area contributed by atoms with Gasteiger partial charge in [-0.3, -0.25) is 4.79 Å². The molecule has 31 heavy (non-hydrogen) atoms. The zero-order valence-electron chi connectivity index (χ0n) is 16.6. The van der Waals surface area contributed by atoms with Crippen LogP contribution in [0.25, 0.3) is 16.8 Å². The Morgan fingerprint density at radius 3 is 2.42 bits per heavy atom. The molecule has 1 atom stereocenters. The van der Waals surface area contributed by atoms with Gasteiger partial charge in [-0.1, -0.05) is 48.5 Å². The van der Waals surface area contributed by atoms with Crippen molar-refractivity contribution in [2.24, 2.45) is 0 Å². The van der Waals surface area contributed by atoms with Crippen molar-refractivity contribution in [2.45, 2.75) is 12.5 Å². The van der Waals surface area contributed by atoms with Crippen molar-refractivity contribution in [3.63, 3.8) is 0 Å². The van der Waals surface area contributed by atoms with E-state index < -0.39 is 23.5 Å². The normalized spacial score (nSPS) is 11.8. The Labute approximate surface area is 177 Å². The highest BCUT2D eigenvalue weighted by molar-refractivity contribution is 5.96. The van der Waals surface area contributed by atoms with E-state index in [1.54, 1.807) is 54.7 Å². The van der Waals surface area contributed by atoms with Gasteiger partial charge in [0.2, 0.25) is 0 Å². The maximum atomic E-state index is 12.5. The lowest BCUT2D eigenvalue weighted by Crippen LogP contribution is -2.43. The number of nitrogens with zero attached hydrogens (tertiary/aromatic N) is 2. The number of rotatable bonds is 6. The Kier molecular flexibility index (Phi) is 5.61. The lowest BCUT2D eigenvalue weighted by atomic mass is 10.1. The summed E-state index contributed by atoms with van der Waals surface area (Å²) in [5, 5.41) is 2.69. The van der Waals surface area contributed by atoms with Crippen molar-refractivity contribution >= 4 is 17.5 Å². The number of esters is 1. The first-order valence-corrected chi connectivity index (χ1v) is 9.57. The predicted molar refractivity (Wildman–Crippen MR) is 113 cm³/mol. The molecule has 1 N–H and O–H groups in total. The summed E-state index contributed by atoms with van der Waals surface area (Å²) in [4.78, 5) is 41.7. The van der Waals surface area contributed by atoms with E-state index in [2.05, 4.69) is 10.3 Å². The Balaban J connectivity index is 1.65. The Morgan fingerprint density at radius 1 is 1.06 bits per heavy atom. The van der Waals surface area contributed by atoms with Gasteiger partial charge in [-0.25, -0.2) is 14.6 Å². The summed E-state index contributed by atoms with van der Waals surface area (Å²) < 4.78 is 11.4. The standard InChI is InChI=1S/C23H19N3O5/c1-30-22(28)18(25-21(27)16-10-6-3-7-11-16)14-17-12-13-26-20(24-17)19(23(29)31-26)15-8-4-2-5-9-15/h2-13,18H,14H2,1H3,(H,25,27)/t18-/m0/s1. The first-order chi connectivity index (χ1) is 15.1. The summed E-state index contributed by atoms with van der Waals surface area (Å²) in [6.07, 6.45) is 1.63. The SMILES string of the molecule is COC(=O)[C@H](Cc1ccn2oc(=O)c(-c3ccccc3)c2n1)NC(=O)c1ccccc1. The quantitative estimate of drug-likeness (QED) is 0.484. The van der Waals surface area contributed by atoms with Crippen LogP contribution in [0.3, 0.4) is 0 Å². The van der Waals surface area contributed by atoms with Crippen LogP contribution in [0.1, 0.15) is 16.1 Å². The summed E-state index contributed by atoms with van der Waals surface area (Å²) in [7, 11) is 1.25. The van der Waals surface area contributed by atoms with Crippen molar-refractivity contribution in [3.8, 4) is 11.1 Å². The molecule has 0 radical (unpaired) electrons. The van der Waals surface area contributed by atoms with E-state index in [-0.39, 0.29) is 6.42 Å². The molecule has 2 aromatic carbocycles. The number of aromatic nitrogens is 2. The second-order valence-corrected chi connectivity index (χ2v) is 6.81. The van der Waals surface area contributed by atoms with Crippen molar-refractivity contribution < 1.29 is 18.8 Å². The third-order valence-corrected chi connectivity index (χ3v) is 4.77. The van der Waals surface area contributed by atoms with Gasteiger partial charge in [-0.2, -0.15) is 4.57 Å². The summed E-state index contributed by atoms with van der Waals surface area (Å²) in [6, 6.07) is 18.3. The molecule has 0 aliphatic carbocycles. The molecule has 0 saturated heterocycles. The highest BCUT2D eigenvalue weighted by Crippen LogP contribution is 2.20. The molecule has 1 amide bonds. The maximum Gasteiger partial charge on any atom is 0.368 e. The fourth-order valence-electron chi connectivity index (χ4n) is 3.25. The number of amides is 1. The summed E-state index contributed by atoms with van der Waals surface area (Å²) in [5.74, 6) is -1.000. The van der Waals surface area contributed by atoms with E-state index in [1.165, 1.54) is 11.7 Å². The lowest BCUT2D eigenvalue weighted by Gasteiger charge is -2.16. The van der Waals surface area contributed by atoms with Gasteiger partial charge in [0, 0.05) is 23.9 Å². The van der Waals surface area contributed by atoms with Gasteiger partial charge in [0.05, 0.1) is 7.11 Å². The van der Waals surface area contributed by atoms with Crippen molar-refractivity contribution in [3.05, 3.63) is 94.6 Å². The molecule has 2 aromatic heterocycles. The number of ether oxygens (including phenoxy) is 1. The fourth-order valence-corrected chi connectivity index (χ4v) is 3.25. The monoisotopic (exact) mass is 417 g/mol. The molecule has 0 unspecified atom stereocenters. The molecule has 0 spiro atoms. The molecule has 0 fully saturated rings. The molecule has 8 heteroatoms. The largest absolute Gasteiger partial charge is 0.467 e. The number of carbonyl (C=O) groups is 2. The predicted octanol–water partition coefficient (Wildman–Crippen LogP) is 2.47. The molecule has 4 rings (SSSR count). The van der Waals surface area contributed by atoms with Crippen LogP contribution in [-0.2, 0) is 16.0 Å². The molecule has 0 aliphatic heterocycles.